The van der Waals surface area contributed by atoms with Crippen molar-refractivity contribution in [2.45, 2.75) is 40.2 Å². The molecule has 0 aromatic rings. The molecule has 92 valence electrons. The summed E-state index contributed by atoms with van der Waals surface area (Å²) in [6, 6.07) is 0. The first-order chi connectivity index (χ1) is 6.85. The van der Waals surface area contributed by atoms with E-state index in [1.54, 1.807) is 0 Å². The van der Waals surface area contributed by atoms with E-state index in [2.05, 4.69) is 25.7 Å². The van der Waals surface area contributed by atoms with E-state index in [4.69, 9.17) is 4.74 Å². The molecule has 0 amide bonds. The van der Waals surface area contributed by atoms with E-state index in [1.807, 2.05) is 13.8 Å². The Hall–Kier alpha value is -0.120. The van der Waals surface area contributed by atoms with Gasteiger partial charge in [0, 0.05) is 19.7 Å². The molecule has 0 spiro atoms. The lowest BCUT2D eigenvalue weighted by Crippen LogP contribution is -2.40. The normalized spacial score (nSPS) is 12.8. The second-order valence-corrected chi connectivity index (χ2v) is 5.15. The van der Waals surface area contributed by atoms with Gasteiger partial charge >= 0.3 is 0 Å². The summed E-state index contributed by atoms with van der Waals surface area (Å²) in [7, 11) is 0. The van der Waals surface area contributed by atoms with Gasteiger partial charge in [0.2, 0.25) is 0 Å². The number of aliphatic hydroxyl groups is 1. The third-order valence-corrected chi connectivity index (χ3v) is 2.06. The van der Waals surface area contributed by atoms with Crippen molar-refractivity contribution in [2.24, 2.45) is 5.92 Å². The van der Waals surface area contributed by atoms with Crippen molar-refractivity contribution in [3.05, 3.63) is 0 Å². The summed E-state index contributed by atoms with van der Waals surface area (Å²) in [6.45, 7) is 14.2. The number of hydrogen-bond donors (Lipinski definition) is 1. The summed E-state index contributed by atoms with van der Waals surface area (Å²) in [5, 5.41) is 9.68. The van der Waals surface area contributed by atoms with Crippen LogP contribution in [0.5, 0.6) is 0 Å². The first kappa shape index (κ1) is 14.9. The van der Waals surface area contributed by atoms with E-state index in [9.17, 15) is 5.11 Å². The zero-order valence-electron chi connectivity index (χ0n) is 10.9. The highest BCUT2D eigenvalue weighted by Crippen LogP contribution is 2.04. The van der Waals surface area contributed by atoms with E-state index in [0.29, 0.717) is 12.5 Å². The van der Waals surface area contributed by atoms with E-state index < -0.39 is 5.60 Å². The maximum absolute atomic E-state index is 9.68. The first-order valence-electron chi connectivity index (χ1n) is 5.87. The van der Waals surface area contributed by atoms with Gasteiger partial charge in [0.25, 0.3) is 0 Å². The molecule has 0 aliphatic carbocycles. The van der Waals surface area contributed by atoms with Crippen molar-refractivity contribution in [1.29, 1.82) is 0 Å². The van der Waals surface area contributed by atoms with Crippen LogP contribution in [-0.4, -0.2) is 48.5 Å². The van der Waals surface area contributed by atoms with Gasteiger partial charge in [0.15, 0.2) is 0 Å². The zero-order valence-corrected chi connectivity index (χ0v) is 10.9. The smallest absolute Gasteiger partial charge is 0.0718 e. The standard InChI is InChI=1S/C12H27NO2/c1-6-13(10-12(4,5)14)7-8-15-9-11(2)3/h11,14H,6-10H2,1-5H3. The molecular formula is C12H27NO2. The highest BCUT2D eigenvalue weighted by Gasteiger charge is 2.16. The molecule has 0 heterocycles. The molecule has 0 radical (unpaired) electrons. The topological polar surface area (TPSA) is 32.7 Å². The number of rotatable bonds is 8. The lowest BCUT2D eigenvalue weighted by atomic mass is 10.1. The lowest BCUT2D eigenvalue weighted by Gasteiger charge is -2.27. The van der Waals surface area contributed by atoms with Crippen LogP contribution >= 0.6 is 0 Å². The van der Waals surface area contributed by atoms with Gasteiger partial charge in [0.1, 0.15) is 0 Å². The monoisotopic (exact) mass is 217 g/mol. The van der Waals surface area contributed by atoms with Crippen LogP contribution in [0.4, 0.5) is 0 Å². The summed E-state index contributed by atoms with van der Waals surface area (Å²) in [4.78, 5) is 2.21. The van der Waals surface area contributed by atoms with Gasteiger partial charge in [-0.05, 0) is 26.3 Å². The SMILES string of the molecule is CCN(CCOCC(C)C)CC(C)(C)O. The molecule has 0 aromatic carbocycles. The Morgan fingerprint density at radius 1 is 1.33 bits per heavy atom. The predicted octanol–water partition coefficient (Wildman–Crippen LogP) is 1.75. The van der Waals surface area contributed by atoms with Crippen molar-refractivity contribution in [1.82, 2.24) is 4.90 Å². The van der Waals surface area contributed by atoms with E-state index in [1.165, 1.54) is 0 Å². The minimum absolute atomic E-state index is 0.592. The molecule has 0 unspecified atom stereocenters. The fourth-order valence-electron chi connectivity index (χ4n) is 1.41. The molecular weight excluding hydrogens is 190 g/mol. The third-order valence-electron chi connectivity index (χ3n) is 2.06. The molecule has 3 nitrogen and oxygen atoms in total. The Kier molecular flexibility index (Phi) is 7.14. The molecule has 15 heavy (non-hydrogen) atoms. The summed E-state index contributed by atoms with van der Waals surface area (Å²) in [5.41, 5.74) is -0.617. The van der Waals surface area contributed by atoms with Crippen LogP contribution in [0.1, 0.15) is 34.6 Å². The van der Waals surface area contributed by atoms with Gasteiger partial charge in [-0.1, -0.05) is 20.8 Å². The Bertz CT molecular complexity index is 152. The molecule has 0 saturated carbocycles. The van der Waals surface area contributed by atoms with Crippen molar-refractivity contribution in [2.75, 3.05) is 32.8 Å². The molecule has 0 saturated heterocycles. The van der Waals surface area contributed by atoms with Crippen LogP contribution in [0.3, 0.4) is 0 Å². The summed E-state index contributed by atoms with van der Waals surface area (Å²) in [6.07, 6.45) is 0. The molecule has 0 bridgehead atoms. The fraction of sp³-hybridized carbons (Fsp3) is 1.00. The largest absolute Gasteiger partial charge is 0.389 e. The lowest BCUT2D eigenvalue weighted by molar-refractivity contribution is 0.0222. The molecule has 0 fully saturated rings. The number of likely N-dealkylation sites (N-methyl/N-ethyl adjacent to an activating group) is 1. The Morgan fingerprint density at radius 3 is 2.33 bits per heavy atom. The quantitative estimate of drug-likeness (QED) is 0.629. The first-order valence-corrected chi connectivity index (χ1v) is 5.87. The Labute approximate surface area is 94.4 Å². The van der Waals surface area contributed by atoms with E-state index in [-0.39, 0.29) is 0 Å². The minimum Gasteiger partial charge on any atom is -0.389 e. The van der Waals surface area contributed by atoms with E-state index in [0.717, 1.165) is 26.3 Å². The molecule has 1 N–H and O–H groups in total. The molecule has 0 atom stereocenters. The second kappa shape index (κ2) is 7.20. The van der Waals surface area contributed by atoms with Crippen molar-refractivity contribution < 1.29 is 9.84 Å². The van der Waals surface area contributed by atoms with Crippen molar-refractivity contribution in [3.63, 3.8) is 0 Å². The maximum atomic E-state index is 9.68. The Morgan fingerprint density at radius 2 is 1.93 bits per heavy atom. The second-order valence-electron chi connectivity index (χ2n) is 5.15. The van der Waals surface area contributed by atoms with Gasteiger partial charge in [0.05, 0.1) is 12.2 Å². The van der Waals surface area contributed by atoms with Gasteiger partial charge in [-0.25, -0.2) is 0 Å². The molecule has 0 aliphatic rings. The molecule has 0 aromatic heterocycles. The van der Waals surface area contributed by atoms with Crippen LogP contribution in [0, 0.1) is 5.92 Å². The average Bonchev–Trinajstić information content (AvgIpc) is 2.08. The van der Waals surface area contributed by atoms with Gasteiger partial charge in [-0.2, -0.15) is 0 Å². The van der Waals surface area contributed by atoms with Gasteiger partial charge < -0.3 is 9.84 Å². The minimum atomic E-state index is -0.617. The number of nitrogens with zero attached hydrogens (tertiary/aromatic N) is 1. The summed E-state index contributed by atoms with van der Waals surface area (Å²) < 4.78 is 5.52. The van der Waals surface area contributed by atoms with Crippen LogP contribution in [-0.2, 0) is 4.74 Å². The van der Waals surface area contributed by atoms with Crippen LogP contribution in [0.2, 0.25) is 0 Å². The summed E-state index contributed by atoms with van der Waals surface area (Å²) >= 11 is 0. The molecule has 3 heteroatoms. The fourth-order valence-corrected chi connectivity index (χ4v) is 1.41. The number of ether oxygens (including phenoxy) is 1. The Balaban J connectivity index is 3.62. The third kappa shape index (κ3) is 10.2. The van der Waals surface area contributed by atoms with Crippen LogP contribution in [0.25, 0.3) is 0 Å². The van der Waals surface area contributed by atoms with Crippen molar-refractivity contribution in [3.8, 4) is 0 Å². The van der Waals surface area contributed by atoms with Crippen LogP contribution in [0.15, 0.2) is 0 Å². The molecule has 0 aliphatic heterocycles. The molecule has 0 rings (SSSR count). The zero-order chi connectivity index (χ0) is 11.9. The predicted molar refractivity (Wildman–Crippen MR) is 64.1 cm³/mol. The van der Waals surface area contributed by atoms with Gasteiger partial charge in [-0.3, -0.25) is 4.90 Å². The maximum Gasteiger partial charge on any atom is 0.0718 e. The van der Waals surface area contributed by atoms with E-state index >= 15 is 0 Å². The van der Waals surface area contributed by atoms with Crippen LogP contribution < -0.4 is 0 Å². The van der Waals surface area contributed by atoms with Gasteiger partial charge in [-0.15, -0.1) is 0 Å². The average molecular weight is 217 g/mol. The highest BCUT2D eigenvalue weighted by molar-refractivity contribution is 4.71. The highest BCUT2D eigenvalue weighted by atomic mass is 16.5. The number of hydrogen-bond acceptors (Lipinski definition) is 3. The van der Waals surface area contributed by atoms with Crippen molar-refractivity contribution >= 4 is 0 Å². The summed E-state index contributed by atoms with van der Waals surface area (Å²) in [5.74, 6) is 0.592.